The summed E-state index contributed by atoms with van der Waals surface area (Å²) in [6.07, 6.45) is 1.39. The topological polar surface area (TPSA) is 24.4 Å². The number of halogens is 2. The Hall–Kier alpha value is -1.29. The Balaban J connectivity index is 2.34. The van der Waals surface area contributed by atoms with Crippen molar-refractivity contribution in [3.05, 3.63) is 35.4 Å². The summed E-state index contributed by atoms with van der Waals surface area (Å²) < 4.78 is 25.5. The zero-order chi connectivity index (χ0) is 9.26. The molecule has 1 aromatic carbocycles. The molecular weight excluding hydrogens is 174 g/mol. The van der Waals surface area contributed by atoms with E-state index in [1.807, 2.05) is 0 Å². The number of hydrogen-bond donors (Lipinski definition) is 1. The lowest BCUT2D eigenvalue weighted by molar-refractivity contribution is 0.565. The highest BCUT2D eigenvalue weighted by Gasteiger charge is 2.13. The molecule has 1 aliphatic heterocycles. The lowest BCUT2D eigenvalue weighted by atomic mass is 10.1. The standard InChI is InChI=1S/C9H8F2N2/c10-7-3-6(4-8(11)5-7)9-12-1-2-13-9/h1,3-5,9,13H,2H2. The molecule has 68 valence electrons. The second-order valence-electron chi connectivity index (χ2n) is 2.85. The van der Waals surface area contributed by atoms with Crippen molar-refractivity contribution in [1.82, 2.24) is 5.32 Å². The van der Waals surface area contributed by atoms with Gasteiger partial charge in [-0.15, -0.1) is 0 Å². The molecule has 0 radical (unpaired) electrons. The van der Waals surface area contributed by atoms with Crippen LogP contribution < -0.4 is 5.32 Å². The maximum absolute atomic E-state index is 12.8. The Bertz CT molecular complexity index is 329. The highest BCUT2D eigenvalue weighted by Crippen LogP contribution is 2.18. The van der Waals surface area contributed by atoms with Crippen LogP contribution in [0.4, 0.5) is 8.78 Å². The fraction of sp³-hybridized carbons (Fsp3) is 0.222. The number of nitrogens with one attached hydrogen (secondary N) is 1. The molecule has 0 bridgehead atoms. The van der Waals surface area contributed by atoms with Crippen molar-refractivity contribution < 1.29 is 8.78 Å². The highest BCUT2D eigenvalue weighted by atomic mass is 19.1. The molecule has 0 aromatic heterocycles. The lowest BCUT2D eigenvalue weighted by Gasteiger charge is -2.08. The quantitative estimate of drug-likeness (QED) is 0.701. The van der Waals surface area contributed by atoms with Crippen LogP contribution in [0.15, 0.2) is 23.2 Å². The summed E-state index contributed by atoms with van der Waals surface area (Å²) in [5.41, 5.74) is 0.520. The molecule has 0 saturated heterocycles. The van der Waals surface area contributed by atoms with Gasteiger partial charge in [-0.05, 0) is 17.7 Å². The van der Waals surface area contributed by atoms with Crippen molar-refractivity contribution in [2.75, 3.05) is 6.54 Å². The average Bonchev–Trinajstić information content (AvgIpc) is 2.53. The van der Waals surface area contributed by atoms with Crippen LogP contribution >= 0.6 is 0 Å². The average molecular weight is 182 g/mol. The van der Waals surface area contributed by atoms with Crippen LogP contribution in [0.3, 0.4) is 0 Å². The summed E-state index contributed by atoms with van der Waals surface area (Å²) in [5.74, 6) is -1.14. The largest absolute Gasteiger partial charge is 0.287 e. The predicted molar refractivity (Wildman–Crippen MR) is 45.6 cm³/mol. The molecule has 1 aromatic rings. The Kier molecular flexibility index (Phi) is 2.06. The zero-order valence-corrected chi connectivity index (χ0v) is 6.80. The molecular formula is C9H8F2N2. The first-order valence-electron chi connectivity index (χ1n) is 3.97. The molecule has 2 rings (SSSR count). The molecule has 13 heavy (non-hydrogen) atoms. The van der Waals surface area contributed by atoms with Crippen LogP contribution in [-0.2, 0) is 0 Å². The van der Waals surface area contributed by atoms with E-state index in [2.05, 4.69) is 10.3 Å². The highest BCUT2D eigenvalue weighted by molar-refractivity contribution is 5.62. The van der Waals surface area contributed by atoms with E-state index >= 15 is 0 Å². The fourth-order valence-corrected chi connectivity index (χ4v) is 1.31. The van der Waals surface area contributed by atoms with E-state index in [0.29, 0.717) is 12.1 Å². The second-order valence-corrected chi connectivity index (χ2v) is 2.85. The van der Waals surface area contributed by atoms with Crippen LogP contribution in [0.2, 0.25) is 0 Å². The number of benzene rings is 1. The monoisotopic (exact) mass is 182 g/mol. The number of hydrogen-bond acceptors (Lipinski definition) is 2. The van der Waals surface area contributed by atoms with Gasteiger partial charge in [0.15, 0.2) is 0 Å². The van der Waals surface area contributed by atoms with Crippen molar-refractivity contribution in [3.8, 4) is 0 Å². The Morgan fingerprint density at radius 1 is 1.23 bits per heavy atom. The molecule has 0 saturated carbocycles. The van der Waals surface area contributed by atoms with E-state index < -0.39 is 11.6 Å². The molecule has 1 heterocycles. The van der Waals surface area contributed by atoms with E-state index in [1.165, 1.54) is 12.1 Å². The van der Waals surface area contributed by atoms with Gasteiger partial charge in [0, 0.05) is 18.8 Å². The van der Waals surface area contributed by atoms with E-state index in [9.17, 15) is 8.78 Å². The van der Waals surface area contributed by atoms with Crippen LogP contribution in [0.5, 0.6) is 0 Å². The van der Waals surface area contributed by atoms with Gasteiger partial charge in [0.25, 0.3) is 0 Å². The smallest absolute Gasteiger partial charge is 0.126 e. The summed E-state index contributed by atoms with van der Waals surface area (Å²) in [6.45, 7) is 0.642. The van der Waals surface area contributed by atoms with Crippen LogP contribution in [0, 0.1) is 11.6 Å². The minimum atomic E-state index is -0.570. The third-order valence-electron chi connectivity index (χ3n) is 1.86. The molecule has 0 amide bonds. The van der Waals surface area contributed by atoms with Crippen molar-refractivity contribution in [2.24, 2.45) is 4.99 Å². The summed E-state index contributed by atoms with van der Waals surface area (Å²) >= 11 is 0. The Morgan fingerprint density at radius 2 is 1.92 bits per heavy atom. The normalized spacial score (nSPS) is 20.9. The van der Waals surface area contributed by atoms with Gasteiger partial charge >= 0.3 is 0 Å². The van der Waals surface area contributed by atoms with Gasteiger partial charge in [-0.3, -0.25) is 10.3 Å². The maximum atomic E-state index is 12.8. The van der Waals surface area contributed by atoms with E-state index in [4.69, 9.17) is 0 Å². The van der Waals surface area contributed by atoms with Gasteiger partial charge in [-0.2, -0.15) is 0 Å². The predicted octanol–water partition coefficient (Wildman–Crippen LogP) is 1.64. The molecule has 1 atom stereocenters. The number of aliphatic imine (C=N–C) groups is 1. The number of rotatable bonds is 1. The van der Waals surface area contributed by atoms with Gasteiger partial charge in [0.1, 0.15) is 17.8 Å². The van der Waals surface area contributed by atoms with Crippen molar-refractivity contribution in [3.63, 3.8) is 0 Å². The third-order valence-corrected chi connectivity index (χ3v) is 1.86. The SMILES string of the molecule is Fc1cc(F)cc(C2N=CCN2)c1. The fourth-order valence-electron chi connectivity index (χ4n) is 1.31. The Morgan fingerprint density at radius 3 is 2.46 bits per heavy atom. The van der Waals surface area contributed by atoms with E-state index in [1.54, 1.807) is 6.21 Å². The molecule has 0 fully saturated rings. The first kappa shape index (κ1) is 8.31. The van der Waals surface area contributed by atoms with E-state index in [0.717, 1.165) is 6.07 Å². The van der Waals surface area contributed by atoms with Gasteiger partial charge in [-0.25, -0.2) is 8.78 Å². The van der Waals surface area contributed by atoms with E-state index in [-0.39, 0.29) is 6.17 Å². The molecule has 0 spiro atoms. The van der Waals surface area contributed by atoms with Crippen molar-refractivity contribution in [2.45, 2.75) is 6.17 Å². The first-order chi connectivity index (χ1) is 6.25. The maximum Gasteiger partial charge on any atom is 0.126 e. The van der Waals surface area contributed by atoms with Gasteiger partial charge in [0.05, 0.1) is 0 Å². The molecule has 1 unspecified atom stereocenters. The van der Waals surface area contributed by atoms with Crippen molar-refractivity contribution >= 4 is 6.21 Å². The molecule has 1 aliphatic rings. The third kappa shape index (κ3) is 1.72. The van der Waals surface area contributed by atoms with Crippen LogP contribution in [-0.4, -0.2) is 12.8 Å². The van der Waals surface area contributed by atoms with Gasteiger partial charge in [-0.1, -0.05) is 0 Å². The summed E-state index contributed by atoms with van der Waals surface area (Å²) in [7, 11) is 0. The lowest BCUT2D eigenvalue weighted by Crippen LogP contribution is -2.14. The number of nitrogens with zero attached hydrogens (tertiary/aromatic N) is 1. The molecule has 2 nitrogen and oxygen atoms in total. The van der Waals surface area contributed by atoms with Gasteiger partial charge < -0.3 is 0 Å². The van der Waals surface area contributed by atoms with Crippen LogP contribution in [0.25, 0.3) is 0 Å². The zero-order valence-electron chi connectivity index (χ0n) is 6.80. The minimum Gasteiger partial charge on any atom is -0.287 e. The van der Waals surface area contributed by atoms with Crippen LogP contribution in [0.1, 0.15) is 11.7 Å². The minimum absolute atomic E-state index is 0.301. The second kappa shape index (κ2) is 3.22. The summed E-state index contributed by atoms with van der Waals surface area (Å²) in [6, 6.07) is 3.41. The summed E-state index contributed by atoms with van der Waals surface area (Å²) in [5, 5.41) is 2.97. The molecule has 1 N–H and O–H groups in total. The van der Waals surface area contributed by atoms with Gasteiger partial charge in [0.2, 0.25) is 0 Å². The van der Waals surface area contributed by atoms with Crippen molar-refractivity contribution in [1.29, 1.82) is 0 Å². The molecule has 0 aliphatic carbocycles. The molecule has 4 heteroatoms. The Labute approximate surface area is 74.3 Å². The summed E-state index contributed by atoms with van der Waals surface area (Å²) in [4.78, 5) is 4.02. The first-order valence-corrected chi connectivity index (χ1v) is 3.97.